The van der Waals surface area contributed by atoms with Crippen molar-refractivity contribution >= 4 is 56.3 Å². The number of rotatable bonds is 8. The minimum atomic E-state index is -0.801. The SMILES string of the molecule is COc1cccc(/C=C2\SC(=O)N(Cc3ccc(Br)cc3)C2=O)c1Oc1ccc([N+](=O)[O-])cc1[N+](=O)[O-]. The van der Waals surface area contributed by atoms with Crippen LogP contribution in [-0.4, -0.2) is 33.0 Å². The summed E-state index contributed by atoms with van der Waals surface area (Å²) >= 11 is 4.09. The van der Waals surface area contributed by atoms with Gasteiger partial charge in [-0.1, -0.05) is 40.2 Å². The van der Waals surface area contributed by atoms with E-state index in [0.717, 1.165) is 44.9 Å². The number of amides is 2. The molecule has 0 saturated carbocycles. The van der Waals surface area contributed by atoms with E-state index in [0.29, 0.717) is 5.56 Å². The van der Waals surface area contributed by atoms with E-state index in [2.05, 4.69) is 15.9 Å². The zero-order valence-corrected chi connectivity index (χ0v) is 21.4. The lowest BCUT2D eigenvalue weighted by Gasteiger charge is -2.14. The Bertz CT molecular complexity index is 1460. The number of halogens is 1. The number of carbonyl (C=O) groups excluding carboxylic acids is 2. The van der Waals surface area contributed by atoms with E-state index in [4.69, 9.17) is 9.47 Å². The van der Waals surface area contributed by atoms with Crippen molar-refractivity contribution in [1.29, 1.82) is 0 Å². The molecule has 0 atom stereocenters. The number of hydrogen-bond acceptors (Lipinski definition) is 9. The number of thioether (sulfide) groups is 1. The first-order valence-electron chi connectivity index (χ1n) is 10.5. The molecule has 3 aromatic carbocycles. The van der Waals surface area contributed by atoms with Gasteiger partial charge in [0.2, 0.25) is 5.75 Å². The van der Waals surface area contributed by atoms with E-state index in [-0.39, 0.29) is 28.7 Å². The molecule has 0 N–H and O–H groups in total. The molecule has 0 aromatic heterocycles. The number of para-hydroxylation sites is 1. The number of imide groups is 1. The van der Waals surface area contributed by atoms with Gasteiger partial charge in [-0.15, -0.1) is 0 Å². The predicted octanol–water partition coefficient (Wildman–Crippen LogP) is 6.30. The van der Waals surface area contributed by atoms with Crippen molar-refractivity contribution in [2.75, 3.05) is 7.11 Å². The van der Waals surface area contributed by atoms with Gasteiger partial charge >= 0.3 is 5.69 Å². The van der Waals surface area contributed by atoms with Gasteiger partial charge in [0, 0.05) is 16.1 Å². The van der Waals surface area contributed by atoms with E-state index in [1.807, 2.05) is 12.1 Å². The Labute approximate surface area is 222 Å². The van der Waals surface area contributed by atoms with Gasteiger partial charge in [-0.05, 0) is 47.7 Å². The Morgan fingerprint density at radius 1 is 1.00 bits per heavy atom. The number of benzene rings is 3. The summed E-state index contributed by atoms with van der Waals surface area (Å²) in [4.78, 5) is 47.9. The van der Waals surface area contributed by atoms with Crippen LogP contribution in [0.15, 0.2) is 70.0 Å². The van der Waals surface area contributed by atoms with Crippen molar-refractivity contribution < 1.29 is 28.9 Å². The van der Waals surface area contributed by atoms with Crippen LogP contribution in [0, 0.1) is 20.2 Å². The maximum absolute atomic E-state index is 13.0. The Hall–Kier alpha value is -4.23. The summed E-state index contributed by atoms with van der Waals surface area (Å²) in [5.74, 6) is -0.553. The standard InChI is InChI=1S/C24H16BrN3O8S/c1-35-20-4-2-3-15(22(20)36-19-10-9-17(27(31)32)12-18(19)28(33)34)11-21-23(29)26(24(30)37-21)13-14-5-7-16(25)8-6-14/h2-12H,13H2,1H3/b21-11-. The minimum absolute atomic E-state index is 0.0293. The molecule has 0 bridgehead atoms. The highest BCUT2D eigenvalue weighted by Crippen LogP contribution is 2.42. The van der Waals surface area contributed by atoms with Gasteiger partial charge in [0.05, 0.1) is 34.5 Å². The molecule has 37 heavy (non-hydrogen) atoms. The van der Waals surface area contributed by atoms with Crippen molar-refractivity contribution in [3.63, 3.8) is 0 Å². The fourth-order valence-corrected chi connectivity index (χ4v) is 4.52. The average molecular weight is 586 g/mol. The average Bonchev–Trinajstić information content (AvgIpc) is 3.13. The van der Waals surface area contributed by atoms with Crippen molar-refractivity contribution in [3.05, 3.63) is 101 Å². The number of ether oxygens (including phenoxy) is 2. The van der Waals surface area contributed by atoms with Crippen LogP contribution in [-0.2, 0) is 11.3 Å². The molecule has 1 saturated heterocycles. The van der Waals surface area contributed by atoms with Crippen LogP contribution >= 0.6 is 27.7 Å². The third kappa shape index (κ3) is 5.62. The molecule has 1 fully saturated rings. The summed E-state index contributed by atoms with van der Waals surface area (Å²) in [6, 6.07) is 14.9. The van der Waals surface area contributed by atoms with Crippen LogP contribution in [0.25, 0.3) is 6.08 Å². The lowest BCUT2D eigenvalue weighted by Crippen LogP contribution is -2.27. The maximum Gasteiger partial charge on any atom is 0.318 e. The predicted molar refractivity (Wildman–Crippen MR) is 138 cm³/mol. The third-order valence-corrected chi connectivity index (χ3v) is 6.64. The first kappa shape index (κ1) is 25.9. The van der Waals surface area contributed by atoms with E-state index < -0.39 is 32.4 Å². The molecule has 13 heteroatoms. The highest BCUT2D eigenvalue weighted by molar-refractivity contribution is 9.10. The zero-order chi connectivity index (χ0) is 26.7. The fraction of sp³-hybridized carbons (Fsp3) is 0.0833. The Balaban J connectivity index is 1.69. The largest absolute Gasteiger partial charge is 0.493 e. The summed E-state index contributed by atoms with van der Waals surface area (Å²) in [6.07, 6.45) is 1.43. The number of nitrogens with zero attached hydrogens (tertiary/aromatic N) is 3. The van der Waals surface area contributed by atoms with Crippen molar-refractivity contribution in [2.24, 2.45) is 0 Å². The molecule has 0 aliphatic carbocycles. The van der Waals surface area contributed by atoms with Gasteiger partial charge in [-0.2, -0.15) is 0 Å². The van der Waals surface area contributed by atoms with E-state index in [1.165, 1.54) is 13.2 Å². The van der Waals surface area contributed by atoms with Crippen LogP contribution in [0.3, 0.4) is 0 Å². The van der Waals surface area contributed by atoms with Crippen LogP contribution in [0.1, 0.15) is 11.1 Å². The second-order valence-corrected chi connectivity index (χ2v) is 9.45. The maximum atomic E-state index is 13.0. The molecule has 0 spiro atoms. The first-order valence-corrected chi connectivity index (χ1v) is 12.1. The molecule has 188 valence electrons. The van der Waals surface area contributed by atoms with Gasteiger partial charge in [0.15, 0.2) is 11.5 Å². The molecule has 0 unspecified atom stereocenters. The van der Waals surface area contributed by atoms with Gasteiger partial charge in [-0.25, -0.2) is 0 Å². The van der Waals surface area contributed by atoms with Crippen molar-refractivity contribution in [2.45, 2.75) is 6.54 Å². The summed E-state index contributed by atoms with van der Waals surface area (Å²) in [5.41, 5.74) is -0.0246. The van der Waals surface area contributed by atoms with Crippen LogP contribution in [0.5, 0.6) is 17.2 Å². The molecule has 1 aliphatic heterocycles. The topological polar surface area (TPSA) is 142 Å². The Morgan fingerprint density at radius 3 is 2.38 bits per heavy atom. The molecule has 3 aromatic rings. The Kier molecular flexibility index (Phi) is 7.55. The number of carbonyl (C=O) groups is 2. The van der Waals surface area contributed by atoms with Gasteiger partial charge in [-0.3, -0.25) is 34.7 Å². The summed E-state index contributed by atoms with van der Waals surface area (Å²) < 4.78 is 12.0. The van der Waals surface area contributed by atoms with Gasteiger partial charge in [0.25, 0.3) is 16.8 Å². The van der Waals surface area contributed by atoms with E-state index in [1.54, 1.807) is 30.3 Å². The lowest BCUT2D eigenvalue weighted by atomic mass is 10.1. The highest BCUT2D eigenvalue weighted by Gasteiger charge is 2.35. The number of nitro benzene ring substituents is 2. The number of hydrogen-bond donors (Lipinski definition) is 0. The minimum Gasteiger partial charge on any atom is -0.493 e. The Morgan fingerprint density at radius 2 is 1.73 bits per heavy atom. The quantitative estimate of drug-likeness (QED) is 0.169. The van der Waals surface area contributed by atoms with Gasteiger partial charge in [0.1, 0.15) is 0 Å². The number of non-ortho nitro benzene ring substituents is 1. The lowest BCUT2D eigenvalue weighted by molar-refractivity contribution is -0.394. The molecule has 2 amide bonds. The second-order valence-electron chi connectivity index (χ2n) is 7.54. The highest BCUT2D eigenvalue weighted by atomic mass is 79.9. The smallest absolute Gasteiger partial charge is 0.318 e. The normalized spacial score (nSPS) is 14.2. The molecule has 1 aliphatic rings. The summed E-state index contributed by atoms with van der Waals surface area (Å²) in [7, 11) is 1.36. The van der Waals surface area contributed by atoms with Crippen molar-refractivity contribution in [3.8, 4) is 17.2 Å². The van der Waals surface area contributed by atoms with E-state index in [9.17, 15) is 29.8 Å². The zero-order valence-electron chi connectivity index (χ0n) is 19.0. The summed E-state index contributed by atoms with van der Waals surface area (Å²) in [6.45, 7) is 0.0890. The number of methoxy groups -OCH3 is 1. The van der Waals surface area contributed by atoms with Crippen LogP contribution < -0.4 is 9.47 Å². The fourth-order valence-electron chi connectivity index (χ4n) is 3.42. The summed E-state index contributed by atoms with van der Waals surface area (Å²) in [5, 5.41) is 22.2. The van der Waals surface area contributed by atoms with Crippen LogP contribution in [0.2, 0.25) is 0 Å². The van der Waals surface area contributed by atoms with Gasteiger partial charge < -0.3 is 9.47 Å². The second kappa shape index (κ2) is 10.8. The molecule has 4 rings (SSSR count). The molecular formula is C24H16BrN3O8S. The van der Waals surface area contributed by atoms with Crippen LogP contribution in [0.4, 0.5) is 16.2 Å². The third-order valence-electron chi connectivity index (χ3n) is 5.21. The molecule has 1 heterocycles. The monoisotopic (exact) mass is 585 g/mol. The first-order chi connectivity index (χ1) is 17.7. The number of nitro groups is 2. The molecular weight excluding hydrogens is 570 g/mol. The van der Waals surface area contributed by atoms with E-state index >= 15 is 0 Å². The molecule has 0 radical (unpaired) electrons. The van der Waals surface area contributed by atoms with Crippen molar-refractivity contribution in [1.82, 2.24) is 4.90 Å². The molecule has 11 nitrogen and oxygen atoms in total.